The second kappa shape index (κ2) is 8.99. The maximum absolute atomic E-state index is 12.5. The molecule has 3 rings (SSSR count). The van der Waals surface area contributed by atoms with Crippen LogP contribution in [0.1, 0.15) is 27.4 Å². The van der Waals surface area contributed by atoms with E-state index in [1.165, 1.54) is 0 Å². The Morgan fingerprint density at radius 3 is 2.57 bits per heavy atom. The van der Waals surface area contributed by atoms with Gasteiger partial charge < -0.3 is 15.4 Å². The van der Waals surface area contributed by atoms with Crippen molar-refractivity contribution in [3.8, 4) is 5.75 Å². The van der Waals surface area contributed by atoms with Crippen LogP contribution >= 0.6 is 0 Å². The normalized spacial score (nSPS) is 10.4. The average Bonchev–Trinajstić information content (AvgIpc) is 2.69. The fourth-order valence-electron chi connectivity index (χ4n) is 2.77. The summed E-state index contributed by atoms with van der Waals surface area (Å²) in [6.45, 7) is 4.46. The van der Waals surface area contributed by atoms with Gasteiger partial charge in [-0.3, -0.25) is 4.79 Å². The van der Waals surface area contributed by atoms with E-state index in [4.69, 9.17) is 4.74 Å². The van der Waals surface area contributed by atoms with Crippen LogP contribution in [0.15, 0.2) is 54.6 Å². The highest BCUT2D eigenvalue weighted by atomic mass is 16.5. The number of methoxy groups -OCH3 is 1. The molecule has 0 aliphatic carbocycles. The second-order valence-corrected chi connectivity index (χ2v) is 6.53. The van der Waals surface area contributed by atoms with Gasteiger partial charge in [-0.05, 0) is 50.1 Å². The van der Waals surface area contributed by atoms with Crippen LogP contribution in [0.5, 0.6) is 5.75 Å². The SMILES string of the molecule is COc1cccc(CCNc2cc(C(=O)Nc3ccc(C)cc3)nc(C)n2)c1. The summed E-state index contributed by atoms with van der Waals surface area (Å²) in [4.78, 5) is 21.2. The van der Waals surface area contributed by atoms with E-state index in [9.17, 15) is 4.79 Å². The molecule has 1 amide bonds. The fourth-order valence-corrected chi connectivity index (χ4v) is 2.77. The van der Waals surface area contributed by atoms with E-state index in [1.807, 2.05) is 49.4 Å². The van der Waals surface area contributed by atoms with Gasteiger partial charge in [0.05, 0.1) is 7.11 Å². The third-order valence-electron chi connectivity index (χ3n) is 4.23. The van der Waals surface area contributed by atoms with E-state index < -0.39 is 0 Å². The van der Waals surface area contributed by atoms with Crippen LogP contribution in [0, 0.1) is 13.8 Å². The molecular weight excluding hydrogens is 352 g/mol. The molecule has 144 valence electrons. The molecule has 2 N–H and O–H groups in total. The molecule has 0 saturated carbocycles. The lowest BCUT2D eigenvalue weighted by Crippen LogP contribution is -2.16. The number of hydrogen-bond acceptors (Lipinski definition) is 5. The van der Waals surface area contributed by atoms with Crippen LogP contribution in [-0.2, 0) is 6.42 Å². The Morgan fingerprint density at radius 2 is 1.82 bits per heavy atom. The lowest BCUT2D eigenvalue weighted by molar-refractivity contribution is 0.102. The number of carbonyl (C=O) groups is 1. The molecule has 0 aliphatic heterocycles. The molecule has 3 aromatic rings. The minimum absolute atomic E-state index is 0.259. The Hall–Kier alpha value is -3.41. The smallest absolute Gasteiger partial charge is 0.274 e. The van der Waals surface area contributed by atoms with Crippen LogP contribution in [0.4, 0.5) is 11.5 Å². The Kier molecular flexibility index (Phi) is 6.22. The van der Waals surface area contributed by atoms with E-state index in [-0.39, 0.29) is 5.91 Å². The van der Waals surface area contributed by atoms with Crippen molar-refractivity contribution in [1.82, 2.24) is 9.97 Å². The minimum Gasteiger partial charge on any atom is -0.497 e. The molecule has 6 nitrogen and oxygen atoms in total. The number of aryl methyl sites for hydroxylation is 2. The third-order valence-corrected chi connectivity index (χ3v) is 4.23. The van der Waals surface area contributed by atoms with Crippen LogP contribution in [0.2, 0.25) is 0 Å². The lowest BCUT2D eigenvalue weighted by atomic mass is 10.1. The van der Waals surface area contributed by atoms with Crippen molar-refractivity contribution >= 4 is 17.4 Å². The second-order valence-electron chi connectivity index (χ2n) is 6.53. The molecule has 0 atom stereocenters. The predicted octanol–water partition coefficient (Wildman–Crippen LogP) is 4.01. The molecule has 1 heterocycles. The Morgan fingerprint density at radius 1 is 1.04 bits per heavy atom. The summed E-state index contributed by atoms with van der Waals surface area (Å²) in [5, 5.41) is 6.13. The van der Waals surface area contributed by atoms with Crippen molar-refractivity contribution in [2.45, 2.75) is 20.3 Å². The van der Waals surface area contributed by atoms with Gasteiger partial charge in [-0.2, -0.15) is 0 Å². The monoisotopic (exact) mass is 376 g/mol. The first-order valence-electron chi connectivity index (χ1n) is 9.14. The van der Waals surface area contributed by atoms with Crippen molar-refractivity contribution < 1.29 is 9.53 Å². The molecule has 6 heteroatoms. The number of hydrogen-bond donors (Lipinski definition) is 2. The van der Waals surface area contributed by atoms with Crippen LogP contribution in [0.25, 0.3) is 0 Å². The largest absolute Gasteiger partial charge is 0.497 e. The number of carbonyl (C=O) groups excluding carboxylic acids is 1. The van der Waals surface area contributed by atoms with Gasteiger partial charge in [-0.15, -0.1) is 0 Å². The average molecular weight is 376 g/mol. The number of nitrogens with one attached hydrogen (secondary N) is 2. The Bertz CT molecular complexity index is 955. The lowest BCUT2D eigenvalue weighted by Gasteiger charge is -2.10. The number of benzene rings is 2. The van der Waals surface area contributed by atoms with Crippen molar-refractivity contribution in [3.05, 3.63) is 77.2 Å². The molecular formula is C22H24N4O2. The van der Waals surface area contributed by atoms with Gasteiger partial charge in [0.15, 0.2) is 0 Å². The van der Waals surface area contributed by atoms with E-state index in [1.54, 1.807) is 20.1 Å². The fraction of sp³-hybridized carbons (Fsp3) is 0.227. The standard InChI is InChI=1S/C22H24N4O2/c1-15-7-9-18(10-8-15)26-22(27)20-14-21(25-16(2)24-20)23-12-11-17-5-4-6-19(13-17)28-3/h4-10,13-14H,11-12H2,1-3H3,(H,26,27)(H,23,24,25). The number of amides is 1. The van der Waals surface area contributed by atoms with Gasteiger partial charge in [0, 0.05) is 18.3 Å². The Labute approximate surface area is 165 Å². The molecule has 0 radical (unpaired) electrons. The summed E-state index contributed by atoms with van der Waals surface area (Å²) in [7, 11) is 1.66. The first-order valence-corrected chi connectivity index (χ1v) is 9.14. The van der Waals surface area contributed by atoms with Crippen molar-refractivity contribution in [1.29, 1.82) is 0 Å². The number of aromatic nitrogens is 2. The van der Waals surface area contributed by atoms with Gasteiger partial charge >= 0.3 is 0 Å². The predicted molar refractivity (Wildman–Crippen MR) is 111 cm³/mol. The van der Waals surface area contributed by atoms with Gasteiger partial charge in [0.25, 0.3) is 5.91 Å². The summed E-state index contributed by atoms with van der Waals surface area (Å²) in [5.74, 6) is 1.75. The topological polar surface area (TPSA) is 76.1 Å². The number of nitrogens with zero attached hydrogens (tertiary/aromatic N) is 2. The van der Waals surface area contributed by atoms with Crippen LogP contribution in [0.3, 0.4) is 0 Å². The molecule has 1 aromatic heterocycles. The molecule has 0 spiro atoms. The zero-order chi connectivity index (χ0) is 19.9. The molecule has 0 bridgehead atoms. The number of anilines is 2. The molecule has 28 heavy (non-hydrogen) atoms. The maximum Gasteiger partial charge on any atom is 0.274 e. The van der Waals surface area contributed by atoms with Gasteiger partial charge in [0.2, 0.25) is 0 Å². The molecule has 0 saturated heterocycles. The Balaban J connectivity index is 1.63. The first kappa shape index (κ1) is 19.4. The molecule has 0 aliphatic rings. The highest BCUT2D eigenvalue weighted by Gasteiger charge is 2.11. The number of rotatable bonds is 7. The van der Waals surface area contributed by atoms with Crippen molar-refractivity contribution in [2.24, 2.45) is 0 Å². The van der Waals surface area contributed by atoms with Crippen molar-refractivity contribution in [3.63, 3.8) is 0 Å². The van der Waals surface area contributed by atoms with E-state index in [0.29, 0.717) is 23.9 Å². The van der Waals surface area contributed by atoms with Gasteiger partial charge in [-0.1, -0.05) is 29.8 Å². The van der Waals surface area contributed by atoms with Gasteiger partial charge in [0.1, 0.15) is 23.1 Å². The van der Waals surface area contributed by atoms with E-state index in [0.717, 1.165) is 29.0 Å². The molecule has 0 unspecified atom stereocenters. The van der Waals surface area contributed by atoms with Gasteiger partial charge in [-0.25, -0.2) is 9.97 Å². The third kappa shape index (κ3) is 5.30. The summed E-state index contributed by atoms with van der Waals surface area (Å²) in [6, 6.07) is 17.3. The molecule has 0 fully saturated rings. The van der Waals surface area contributed by atoms with E-state index >= 15 is 0 Å². The van der Waals surface area contributed by atoms with Crippen LogP contribution < -0.4 is 15.4 Å². The van der Waals surface area contributed by atoms with E-state index in [2.05, 4.69) is 26.7 Å². The van der Waals surface area contributed by atoms with Crippen LogP contribution in [-0.4, -0.2) is 29.5 Å². The minimum atomic E-state index is -0.259. The molecule has 2 aromatic carbocycles. The first-order chi connectivity index (χ1) is 13.5. The maximum atomic E-state index is 12.5. The van der Waals surface area contributed by atoms with Crippen molar-refractivity contribution in [2.75, 3.05) is 24.3 Å². The highest BCUT2D eigenvalue weighted by Crippen LogP contribution is 2.14. The summed E-state index contributed by atoms with van der Waals surface area (Å²) in [6.07, 6.45) is 0.811. The zero-order valence-corrected chi connectivity index (χ0v) is 16.3. The highest BCUT2D eigenvalue weighted by molar-refractivity contribution is 6.03. The summed E-state index contributed by atoms with van der Waals surface area (Å²) < 4.78 is 5.25. The summed E-state index contributed by atoms with van der Waals surface area (Å²) >= 11 is 0. The number of ether oxygens (including phenoxy) is 1. The zero-order valence-electron chi connectivity index (χ0n) is 16.3. The summed E-state index contributed by atoms with van der Waals surface area (Å²) in [5.41, 5.74) is 3.37. The quantitative estimate of drug-likeness (QED) is 0.652.